The van der Waals surface area contributed by atoms with Crippen molar-refractivity contribution >= 4 is 33.0 Å². The standard InChI is InChI=1S/C21H26FN5O2S2/c1-12(2)11-31(28,29)27-14-8-6-7-13(16(14)22)17-18(15-9-10-24-20(23)25-15)30-19(26-17)21(3,4)5/h6-10,12,27H,11H2,1-5H3,(H2,23,24,25). The number of thiazole rings is 1. The first kappa shape index (κ1) is 23.1. The van der Waals surface area contributed by atoms with E-state index >= 15 is 4.39 Å². The van der Waals surface area contributed by atoms with E-state index < -0.39 is 15.8 Å². The van der Waals surface area contributed by atoms with Gasteiger partial charge in [-0.3, -0.25) is 4.72 Å². The number of nitrogens with two attached hydrogens (primary N) is 1. The number of hydrogen-bond donors (Lipinski definition) is 2. The molecule has 3 N–H and O–H groups in total. The third-order valence-electron chi connectivity index (χ3n) is 4.25. The summed E-state index contributed by atoms with van der Waals surface area (Å²) >= 11 is 1.40. The molecular formula is C21H26FN5O2S2. The highest BCUT2D eigenvalue weighted by atomic mass is 32.2. The number of halogens is 1. The van der Waals surface area contributed by atoms with Gasteiger partial charge in [-0.2, -0.15) is 0 Å². The minimum Gasteiger partial charge on any atom is -0.368 e. The van der Waals surface area contributed by atoms with Crippen molar-refractivity contribution in [1.82, 2.24) is 15.0 Å². The Morgan fingerprint density at radius 1 is 1.19 bits per heavy atom. The SMILES string of the molecule is CC(C)CS(=O)(=O)Nc1cccc(-c2nc(C(C)(C)C)sc2-c2ccnc(N)n2)c1F. The largest absolute Gasteiger partial charge is 0.368 e. The second kappa shape index (κ2) is 8.51. The molecule has 10 heteroatoms. The van der Waals surface area contributed by atoms with Crippen molar-refractivity contribution in [3.05, 3.63) is 41.3 Å². The molecule has 1 aromatic carbocycles. The Morgan fingerprint density at radius 2 is 1.90 bits per heavy atom. The normalized spacial score (nSPS) is 12.4. The summed E-state index contributed by atoms with van der Waals surface area (Å²) in [6.45, 7) is 9.62. The molecule has 0 unspecified atom stereocenters. The van der Waals surface area contributed by atoms with E-state index in [1.165, 1.54) is 23.6 Å². The van der Waals surface area contributed by atoms with Crippen LogP contribution in [-0.4, -0.2) is 29.1 Å². The Hall–Kier alpha value is -2.59. The van der Waals surface area contributed by atoms with Gasteiger partial charge >= 0.3 is 0 Å². The van der Waals surface area contributed by atoms with Gasteiger partial charge in [-0.15, -0.1) is 11.3 Å². The molecule has 2 aromatic heterocycles. The number of nitrogens with one attached hydrogen (secondary N) is 1. The topological polar surface area (TPSA) is 111 Å². The summed E-state index contributed by atoms with van der Waals surface area (Å²) in [4.78, 5) is 13.5. The molecule has 0 aliphatic heterocycles. The summed E-state index contributed by atoms with van der Waals surface area (Å²) in [5.74, 6) is -0.785. The van der Waals surface area contributed by atoms with Crippen LogP contribution in [-0.2, 0) is 15.4 Å². The van der Waals surface area contributed by atoms with Crippen molar-refractivity contribution in [2.24, 2.45) is 5.92 Å². The molecular weight excluding hydrogens is 437 g/mol. The van der Waals surface area contributed by atoms with E-state index in [9.17, 15) is 8.42 Å². The van der Waals surface area contributed by atoms with E-state index in [1.807, 2.05) is 20.8 Å². The molecule has 0 fully saturated rings. The van der Waals surface area contributed by atoms with Gasteiger partial charge in [-0.05, 0) is 24.1 Å². The maximum atomic E-state index is 15.5. The monoisotopic (exact) mass is 463 g/mol. The molecule has 0 saturated carbocycles. The Balaban J connectivity index is 2.16. The number of nitrogen functional groups attached to an aromatic ring is 1. The first-order valence-corrected chi connectivity index (χ1v) is 12.2. The summed E-state index contributed by atoms with van der Waals surface area (Å²) in [5, 5.41) is 0.792. The van der Waals surface area contributed by atoms with Gasteiger partial charge in [0.15, 0.2) is 5.82 Å². The van der Waals surface area contributed by atoms with Gasteiger partial charge in [0, 0.05) is 17.2 Å². The zero-order valence-corrected chi connectivity index (χ0v) is 19.7. The third kappa shape index (κ3) is 5.37. The highest BCUT2D eigenvalue weighted by Gasteiger charge is 2.26. The number of hydrogen-bond acceptors (Lipinski definition) is 7. The fraction of sp³-hybridized carbons (Fsp3) is 0.381. The van der Waals surface area contributed by atoms with Crippen LogP contribution in [0.15, 0.2) is 30.5 Å². The highest BCUT2D eigenvalue weighted by molar-refractivity contribution is 7.92. The molecule has 7 nitrogen and oxygen atoms in total. The van der Waals surface area contributed by atoms with E-state index in [0.29, 0.717) is 16.3 Å². The minimum absolute atomic E-state index is 0.0912. The van der Waals surface area contributed by atoms with Crippen LogP contribution in [0, 0.1) is 11.7 Å². The number of anilines is 2. The Kier molecular flexibility index (Phi) is 6.33. The van der Waals surface area contributed by atoms with Crippen molar-refractivity contribution in [3.8, 4) is 21.8 Å². The van der Waals surface area contributed by atoms with Crippen LogP contribution in [0.25, 0.3) is 21.8 Å². The molecule has 31 heavy (non-hydrogen) atoms. The Labute approximate surface area is 186 Å². The maximum Gasteiger partial charge on any atom is 0.233 e. The van der Waals surface area contributed by atoms with Gasteiger partial charge in [-0.25, -0.2) is 27.8 Å². The van der Waals surface area contributed by atoms with Crippen LogP contribution in [0.2, 0.25) is 0 Å². The van der Waals surface area contributed by atoms with Crippen molar-refractivity contribution in [1.29, 1.82) is 0 Å². The Morgan fingerprint density at radius 3 is 2.52 bits per heavy atom. The molecule has 0 aliphatic rings. The minimum atomic E-state index is -3.69. The third-order valence-corrected chi connectivity index (χ3v) is 7.39. The van der Waals surface area contributed by atoms with E-state index in [-0.39, 0.29) is 34.3 Å². The first-order valence-electron chi connectivity index (χ1n) is 9.77. The van der Waals surface area contributed by atoms with Gasteiger partial charge in [0.1, 0.15) is 0 Å². The molecule has 0 radical (unpaired) electrons. The number of benzene rings is 1. The lowest BCUT2D eigenvalue weighted by atomic mass is 9.98. The van der Waals surface area contributed by atoms with Crippen LogP contribution in [0.3, 0.4) is 0 Å². The maximum absolute atomic E-state index is 15.5. The quantitative estimate of drug-likeness (QED) is 0.549. The average Bonchev–Trinajstić information content (AvgIpc) is 3.08. The van der Waals surface area contributed by atoms with Gasteiger partial charge in [0.2, 0.25) is 16.0 Å². The molecule has 2 heterocycles. The van der Waals surface area contributed by atoms with Crippen LogP contribution in [0.5, 0.6) is 0 Å². The fourth-order valence-electron chi connectivity index (χ4n) is 2.94. The molecule has 0 spiro atoms. The lowest BCUT2D eigenvalue weighted by Gasteiger charge is -2.14. The van der Waals surface area contributed by atoms with Crippen molar-refractivity contribution in [2.45, 2.75) is 40.0 Å². The number of nitrogens with zero attached hydrogens (tertiary/aromatic N) is 3. The Bertz CT molecular complexity index is 1200. The summed E-state index contributed by atoms with van der Waals surface area (Å²) in [6.07, 6.45) is 1.53. The molecule has 0 amide bonds. The van der Waals surface area contributed by atoms with Crippen molar-refractivity contribution in [2.75, 3.05) is 16.2 Å². The molecule has 0 atom stereocenters. The van der Waals surface area contributed by atoms with Gasteiger partial charge < -0.3 is 5.73 Å². The van der Waals surface area contributed by atoms with Crippen LogP contribution in [0.1, 0.15) is 39.6 Å². The number of rotatable bonds is 6. The second-order valence-electron chi connectivity index (χ2n) is 8.69. The van der Waals surface area contributed by atoms with E-state index in [2.05, 4.69) is 14.7 Å². The molecule has 3 rings (SSSR count). The molecule has 0 saturated heterocycles. The smallest absolute Gasteiger partial charge is 0.233 e. The highest BCUT2D eigenvalue weighted by Crippen LogP contribution is 2.41. The van der Waals surface area contributed by atoms with Gasteiger partial charge in [0.25, 0.3) is 0 Å². The van der Waals surface area contributed by atoms with Crippen LogP contribution >= 0.6 is 11.3 Å². The van der Waals surface area contributed by atoms with Crippen molar-refractivity contribution < 1.29 is 12.8 Å². The predicted molar refractivity (Wildman–Crippen MR) is 124 cm³/mol. The zero-order valence-electron chi connectivity index (χ0n) is 18.1. The van der Waals surface area contributed by atoms with E-state index in [4.69, 9.17) is 10.7 Å². The van der Waals surface area contributed by atoms with E-state index in [1.54, 1.807) is 32.0 Å². The summed E-state index contributed by atoms with van der Waals surface area (Å²) in [5.41, 5.74) is 6.46. The van der Waals surface area contributed by atoms with E-state index in [0.717, 1.165) is 5.01 Å². The summed E-state index contributed by atoms with van der Waals surface area (Å²) < 4.78 is 42.5. The summed E-state index contributed by atoms with van der Waals surface area (Å²) in [7, 11) is -3.69. The van der Waals surface area contributed by atoms with Gasteiger partial charge in [-0.1, -0.05) is 40.7 Å². The fourth-order valence-corrected chi connectivity index (χ4v) is 5.50. The molecule has 166 valence electrons. The van der Waals surface area contributed by atoms with Crippen LogP contribution in [0.4, 0.5) is 16.0 Å². The number of aromatic nitrogens is 3. The second-order valence-corrected chi connectivity index (χ2v) is 11.5. The lowest BCUT2D eigenvalue weighted by molar-refractivity contribution is 0.585. The predicted octanol–water partition coefficient (Wildman–Crippen LogP) is 4.68. The first-order chi connectivity index (χ1) is 14.4. The number of sulfonamides is 1. The average molecular weight is 464 g/mol. The molecule has 0 aliphatic carbocycles. The molecule has 3 aromatic rings. The van der Waals surface area contributed by atoms with Crippen LogP contribution < -0.4 is 10.5 Å². The van der Waals surface area contributed by atoms with Gasteiger partial charge in [0.05, 0.1) is 32.7 Å². The zero-order chi connectivity index (χ0) is 23.0. The molecule has 0 bridgehead atoms. The summed E-state index contributed by atoms with van der Waals surface area (Å²) in [6, 6.07) is 6.26. The van der Waals surface area contributed by atoms with Crippen molar-refractivity contribution in [3.63, 3.8) is 0 Å². The lowest BCUT2D eigenvalue weighted by Crippen LogP contribution is -2.20.